The fraction of sp³-hybridized carbons (Fsp3) is 0.316. The fourth-order valence-corrected chi connectivity index (χ4v) is 3.35. The molecule has 0 bridgehead atoms. The largest absolute Gasteiger partial charge is 0.304 e. The number of nitrogens with one attached hydrogen (secondary N) is 2. The van der Waals surface area contributed by atoms with E-state index in [-0.39, 0.29) is 11.9 Å². The summed E-state index contributed by atoms with van der Waals surface area (Å²) in [7, 11) is 0. The lowest BCUT2D eigenvalue weighted by Gasteiger charge is -2.12. The number of aryl methyl sites for hydroxylation is 1. The standard InChI is InChI=1S/C19H21N5O/c1-13(14-7-3-2-4-8-14)24-12-11-17(23-24)20-19(25)18-15-9-5-6-10-16(15)21-22-18/h2-4,7-8,11-13H,5-6,9-10H2,1H3,(H,21,22)(H,20,23,25). The van der Waals surface area contributed by atoms with Crippen molar-refractivity contribution in [3.8, 4) is 0 Å². The lowest BCUT2D eigenvalue weighted by atomic mass is 9.96. The van der Waals surface area contributed by atoms with E-state index >= 15 is 0 Å². The maximum absolute atomic E-state index is 12.6. The average molecular weight is 335 g/mol. The summed E-state index contributed by atoms with van der Waals surface area (Å²) in [5, 5.41) is 14.6. The number of carbonyl (C=O) groups is 1. The molecular weight excluding hydrogens is 314 g/mol. The Labute approximate surface area is 146 Å². The Morgan fingerprint density at radius 1 is 1.20 bits per heavy atom. The number of amides is 1. The van der Waals surface area contributed by atoms with Gasteiger partial charge in [0.05, 0.1) is 6.04 Å². The molecule has 0 saturated heterocycles. The highest BCUT2D eigenvalue weighted by Gasteiger charge is 2.22. The maximum atomic E-state index is 12.6. The monoisotopic (exact) mass is 335 g/mol. The Bertz CT molecular complexity index is 880. The molecule has 0 saturated carbocycles. The number of aromatic nitrogens is 4. The lowest BCUT2D eigenvalue weighted by Crippen LogP contribution is -2.16. The molecule has 0 aliphatic heterocycles. The number of H-pyrrole nitrogens is 1. The number of hydrogen-bond acceptors (Lipinski definition) is 3. The van der Waals surface area contributed by atoms with Gasteiger partial charge in [-0.3, -0.25) is 14.6 Å². The van der Waals surface area contributed by atoms with E-state index in [1.807, 2.05) is 35.1 Å². The van der Waals surface area contributed by atoms with Crippen LogP contribution < -0.4 is 5.32 Å². The minimum atomic E-state index is -0.197. The van der Waals surface area contributed by atoms with Crippen LogP contribution in [-0.2, 0) is 12.8 Å². The van der Waals surface area contributed by atoms with E-state index < -0.39 is 0 Å². The van der Waals surface area contributed by atoms with E-state index in [9.17, 15) is 4.79 Å². The van der Waals surface area contributed by atoms with Gasteiger partial charge in [-0.1, -0.05) is 30.3 Å². The molecule has 6 heteroatoms. The Balaban J connectivity index is 1.49. The van der Waals surface area contributed by atoms with E-state index in [1.54, 1.807) is 0 Å². The van der Waals surface area contributed by atoms with Gasteiger partial charge in [0.25, 0.3) is 5.91 Å². The molecule has 0 radical (unpaired) electrons. The molecule has 2 heterocycles. The summed E-state index contributed by atoms with van der Waals surface area (Å²) in [6.07, 6.45) is 6.02. The first-order chi connectivity index (χ1) is 12.2. The van der Waals surface area contributed by atoms with Crippen LogP contribution in [0.2, 0.25) is 0 Å². The van der Waals surface area contributed by atoms with Gasteiger partial charge >= 0.3 is 0 Å². The van der Waals surface area contributed by atoms with Gasteiger partial charge in [0.1, 0.15) is 0 Å². The second kappa shape index (κ2) is 6.55. The Hall–Kier alpha value is -2.89. The van der Waals surface area contributed by atoms with Crippen molar-refractivity contribution in [2.24, 2.45) is 0 Å². The number of hydrogen-bond donors (Lipinski definition) is 2. The molecule has 128 valence electrons. The summed E-state index contributed by atoms with van der Waals surface area (Å²) in [6, 6.07) is 12.1. The van der Waals surface area contributed by atoms with Gasteiger partial charge in [0, 0.05) is 23.5 Å². The van der Waals surface area contributed by atoms with Crippen LogP contribution in [-0.4, -0.2) is 25.9 Å². The fourth-order valence-electron chi connectivity index (χ4n) is 3.35. The van der Waals surface area contributed by atoms with Crippen LogP contribution >= 0.6 is 0 Å². The summed E-state index contributed by atoms with van der Waals surface area (Å²) in [4.78, 5) is 12.6. The second-order valence-electron chi connectivity index (χ2n) is 6.46. The molecule has 1 unspecified atom stereocenters. The molecule has 2 aromatic heterocycles. The van der Waals surface area contributed by atoms with Crippen molar-refractivity contribution in [2.45, 2.75) is 38.6 Å². The van der Waals surface area contributed by atoms with Crippen LogP contribution in [0.3, 0.4) is 0 Å². The summed E-state index contributed by atoms with van der Waals surface area (Å²) in [5.74, 6) is 0.345. The number of nitrogens with zero attached hydrogens (tertiary/aromatic N) is 3. The van der Waals surface area contributed by atoms with E-state index in [1.165, 1.54) is 5.56 Å². The van der Waals surface area contributed by atoms with Crippen molar-refractivity contribution in [3.05, 3.63) is 65.1 Å². The summed E-state index contributed by atoms with van der Waals surface area (Å²) >= 11 is 0. The maximum Gasteiger partial charge on any atom is 0.277 e. The number of anilines is 1. The molecule has 2 N–H and O–H groups in total. The normalized spacial score (nSPS) is 14.8. The van der Waals surface area contributed by atoms with Gasteiger partial charge < -0.3 is 5.32 Å². The van der Waals surface area contributed by atoms with Crippen molar-refractivity contribution in [1.29, 1.82) is 0 Å². The summed E-state index contributed by atoms with van der Waals surface area (Å²) in [5.41, 5.74) is 3.82. The number of aromatic amines is 1. The first-order valence-electron chi connectivity index (χ1n) is 8.70. The minimum Gasteiger partial charge on any atom is -0.304 e. The lowest BCUT2D eigenvalue weighted by molar-refractivity contribution is 0.102. The summed E-state index contributed by atoms with van der Waals surface area (Å²) in [6.45, 7) is 2.08. The molecule has 6 nitrogen and oxygen atoms in total. The van der Waals surface area contributed by atoms with Gasteiger partial charge in [-0.05, 0) is 38.2 Å². The molecule has 1 atom stereocenters. The van der Waals surface area contributed by atoms with Crippen LogP contribution in [0.1, 0.15) is 53.1 Å². The molecule has 1 aromatic carbocycles. The van der Waals surface area contributed by atoms with E-state index in [2.05, 4.69) is 39.7 Å². The number of fused-ring (bicyclic) bond motifs is 1. The number of benzene rings is 1. The smallest absolute Gasteiger partial charge is 0.277 e. The highest BCUT2D eigenvalue weighted by Crippen LogP contribution is 2.23. The van der Waals surface area contributed by atoms with Crippen molar-refractivity contribution in [1.82, 2.24) is 20.0 Å². The van der Waals surface area contributed by atoms with Crippen LogP contribution in [0.15, 0.2) is 42.6 Å². The molecule has 4 rings (SSSR count). The zero-order valence-electron chi connectivity index (χ0n) is 14.2. The minimum absolute atomic E-state index is 0.102. The van der Waals surface area contributed by atoms with Crippen LogP contribution in [0.4, 0.5) is 5.82 Å². The molecular formula is C19H21N5O. The Morgan fingerprint density at radius 2 is 2.00 bits per heavy atom. The first kappa shape index (κ1) is 15.6. The topological polar surface area (TPSA) is 75.6 Å². The average Bonchev–Trinajstić information content (AvgIpc) is 3.28. The molecule has 1 amide bonds. The third-order valence-electron chi connectivity index (χ3n) is 4.80. The van der Waals surface area contributed by atoms with Crippen molar-refractivity contribution < 1.29 is 4.79 Å². The summed E-state index contributed by atoms with van der Waals surface area (Å²) < 4.78 is 1.85. The predicted molar refractivity (Wildman–Crippen MR) is 95.7 cm³/mol. The number of carbonyl (C=O) groups excluding carboxylic acids is 1. The zero-order valence-corrected chi connectivity index (χ0v) is 14.2. The Morgan fingerprint density at radius 3 is 2.84 bits per heavy atom. The van der Waals surface area contributed by atoms with Crippen LogP contribution in [0, 0.1) is 0 Å². The zero-order chi connectivity index (χ0) is 17.2. The third kappa shape index (κ3) is 3.07. The van der Waals surface area contributed by atoms with Gasteiger partial charge in [-0.25, -0.2) is 0 Å². The van der Waals surface area contributed by atoms with E-state index in [0.29, 0.717) is 11.5 Å². The highest BCUT2D eigenvalue weighted by atomic mass is 16.2. The first-order valence-corrected chi connectivity index (χ1v) is 8.70. The van der Waals surface area contributed by atoms with Gasteiger partial charge in [-0.2, -0.15) is 10.2 Å². The third-order valence-corrected chi connectivity index (χ3v) is 4.80. The number of rotatable bonds is 4. The predicted octanol–water partition coefficient (Wildman–Crippen LogP) is 3.35. The Kier molecular flexibility index (Phi) is 4.09. The molecule has 1 aliphatic rings. The molecule has 0 fully saturated rings. The second-order valence-corrected chi connectivity index (χ2v) is 6.46. The van der Waals surface area contributed by atoms with E-state index in [4.69, 9.17) is 0 Å². The van der Waals surface area contributed by atoms with Crippen LogP contribution in [0.5, 0.6) is 0 Å². The quantitative estimate of drug-likeness (QED) is 0.768. The van der Waals surface area contributed by atoms with Crippen molar-refractivity contribution in [3.63, 3.8) is 0 Å². The van der Waals surface area contributed by atoms with Crippen molar-refractivity contribution in [2.75, 3.05) is 5.32 Å². The molecule has 0 spiro atoms. The van der Waals surface area contributed by atoms with E-state index in [0.717, 1.165) is 36.9 Å². The SMILES string of the molecule is CC(c1ccccc1)n1ccc(NC(=O)c2n[nH]c3c2CCCC3)n1. The van der Waals surface area contributed by atoms with Crippen LogP contribution in [0.25, 0.3) is 0 Å². The van der Waals surface area contributed by atoms with Gasteiger partial charge in [0.2, 0.25) is 0 Å². The van der Waals surface area contributed by atoms with Crippen molar-refractivity contribution >= 4 is 11.7 Å². The molecule has 1 aliphatic carbocycles. The van der Waals surface area contributed by atoms with Gasteiger partial charge in [-0.15, -0.1) is 0 Å². The van der Waals surface area contributed by atoms with Gasteiger partial charge in [0.15, 0.2) is 11.5 Å². The molecule has 3 aromatic rings. The highest BCUT2D eigenvalue weighted by molar-refractivity contribution is 6.03. The molecule has 25 heavy (non-hydrogen) atoms.